The number of rotatable bonds is 8. The second-order valence-electron chi connectivity index (χ2n) is 15.3. The third-order valence-electron chi connectivity index (χ3n) is 11.7. The van der Waals surface area contributed by atoms with Gasteiger partial charge in [0.1, 0.15) is 0 Å². The molecule has 11 rings (SSSR count). The lowest BCUT2D eigenvalue weighted by atomic mass is 9.97. The van der Waals surface area contributed by atoms with Gasteiger partial charge in [-0.2, -0.15) is 0 Å². The Bertz CT molecular complexity index is 3270. The van der Waals surface area contributed by atoms with Gasteiger partial charge in [-0.05, 0) is 97.7 Å². The van der Waals surface area contributed by atoms with Crippen molar-refractivity contribution in [2.75, 3.05) is 4.90 Å². The minimum Gasteiger partial charge on any atom is -0.310 e. The van der Waals surface area contributed by atoms with Crippen molar-refractivity contribution in [1.29, 1.82) is 0 Å². The second-order valence-corrected chi connectivity index (χ2v) is 16.4. The van der Waals surface area contributed by atoms with E-state index in [9.17, 15) is 0 Å². The Kier molecular flexibility index (Phi) is 9.11. The predicted octanol–water partition coefficient (Wildman–Crippen LogP) is 17.0. The Labute approximate surface area is 354 Å². The van der Waals surface area contributed by atoms with E-state index in [4.69, 9.17) is 0 Å². The molecule has 0 saturated heterocycles. The second kappa shape index (κ2) is 15.3. The Hall–Kier alpha value is -7.52. The standard InChI is InChI=1S/C58H39NS/c1-2-11-40(12-3-1)42-21-23-43(24-22-42)45-31-35-50(36-32-45)59(56-19-8-6-15-52(56)54-17-10-18-55-53-16-7-9-20-57(53)60-58(54)55)51-37-33-46(34-38-51)44-25-27-47(28-26-44)49-30-29-41-13-4-5-14-48(41)39-49/h1-39H. The highest BCUT2D eigenvalue weighted by Crippen LogP contribution is 2.46. The SMILES string of the molecule is c1ccc(-c2ccc(-c3ccc(N(c4ccc(-c5ccc(-c6ccc7ccccc7c6)cc5)cc4)c4ccccc4-c4cccc5c4sc4ccccc45)cc3)cc2)cc1. The zero-order valence-corrected chi connectivity index (χ0v) is 33.7. The highest BCUT2D eigenvalue weighted by Gasteiger charge is 2.20. The lowest BCUT2D eigenvalue weighted by Gasteiger charge is -2.28. The van der Waals surface area contributed by atoms with Crippen LogP contribution in [0.2, 0.25) is 0 Å². The zero-order chi connectivity index (χ0) is 39.8. The lowest BCUT2D eigenvalue weighted by molar-refractivity contribution is 1.28. The number of hydrogen-bond acceptors (Lipinski definition) is 2. The molecule has 282 valence electrons. The van der Waals surface area contributed by atoms with Crippen molar-refractivity contribution >= 4 is 59.3 Å². The van der Waals surface area contributed by atoms with Gasteiger partial charge in [0.2, 0.25) is 0 Å². The number of nitrogens with zero attached hydrogens (tertiary/aromatic N) is 1. The first-order valence-corrected chi connectivity index (χ1v) is 21.3. The Morgan fingerprint density at radius 3 is 1.38 bits per heavy atom. The van der Waals surface area contributed by atoms with Crippen molar-refractivity contribution in [2.45, 2.75) is 0 Å². The van der Waals surface area contributed by atoms with Crippen LogP contribution in [0.15, 0.2) is 237 Å². The summed E-state index contributed by atoms with van der Waals surface area (Å²) in [5.41, 5.74) is 15.4. The molecule has 60 heavy (non-hydrogen) atoms. The van der Waals surface area contributed by atoms with Gasteiger partial charge in [-0.3, -0.25) is 0 Å². The van der Waals surface area contributed by atoms with Gasteiger partial charge in [-0.1, -0.05) is 194 Å². The number of para-hydroxylation sites is 1. The maximum Gasteiger partial charge on any atom is 0.0540 e. The molecule has 1 nitrogen and oxygen atoms in total. The number of fused-ring (bicyclic) bond motifs is 4. The van der Waals surface area contributed by atoms with E-state index in [0.717, 1.165) is 17.1 Å². The molecule has 0 amide bonds. The normalized spacial score (nSPS) is 11.3. The van der Waals surface area contributed by atoms with E-state index >= 15 is 0 Å². The van der Waals surface area contributed by atoms with Crippen LogP contribution >= 0.6 is 11.3 Å². The summed E-state index contributed by atoms with van der Waals surface area (Å²) in [6, 6.07) is 86.1. The quantitative estimate of drug-likeness (QED) is 0.148. The maximum absolute atomic E-state index is 2.41. The zero-order valence-electron chi connectivity index (χ0n) is 32.9. The van der Waals surface area contributed by atoms with E-state index in [1.807, 2.05) is 11.3 Å². The molecular weight excluding hydrogens is 743 g/mol. The Balaban J connectivity index is 0.975. The first-order valence-electron chi connectivity index (χ1n) is 20.5. The summed E-state index contributed by atoms with van der Waals surface area (Å²) in [5.74, 6) is 0. The molecule has 1 heterocycles. The summed E-state index contributed by atoms with van der Waals surface area (Å²) in [6.45, 7) is 0. The fourth-order valence-electron chi connectivity index (χ4n) is 8.60. The van der Waals surface area contributed by atoms with Crippen molar-refractivity contribution in [3.63, 3.8) is 0 Å². The fraction of sp³-hybridized carbons (Fsp3) is 0. The van der Waals surface area contributed by atoms with Crippen LogP contribution in [-0.4, -0.2) is 0 Å². The monoisotopic (exact) mass is 781 g/mol. The van der Waals surface area contributed by atoms with E-state index in [0.29, 0.717) is 0 Å². The average Bonchev–Trinajstić information content (AvgIpc) is 3.72. The van der Waals surface area contributed by atoms with Gasteiger partial charge in [-0.15, -0.1) is 11.3 Å². The summed E-state index contributed by atoms with van der Waals surface area (Å²) < 4.78 is 2.62. The van der Waals surface area contributed by atoms with E-state index in [-0.39, 0.29) is 0 Å². The summed E-state index contributed by atoms with van der Waals surface area (Å²) in [7, 11) is 0. The molecule has 0 bridgehead atoms. The van der Waals surface area contributed by atoms with Gasteiger partial charge in [0, 0.05) is 42.7 Å². The van der Waals surface area contributed by atoms with Gasteiger partial charge in [0.15, 0.2) is 0 Å². The number of anilines is 3. The van der Waals surface area contributed by atoms with E-state index in [1.54, 1.807) is 0 Å². The molecule has 0 N–H and O–H groups in total. The van der Waals surface area contributed by atoms with Crippen molar-refractivity contribution in [2.24, 2.45) is 0 Å². The molecule has 0 aliphatic carbocycles. The summed E-state index contributed by atoms with van der Waals surface area (Å²) in [6.07, 6.45) is 0. The third kappa shape index (κ3) is 6.63. The maximum atomic E-state index is 2.41. The molecule has 0 unspecified atom stereocenters. The molecule has 0 spiro atoms. The minimum absolute atomic E-state index is 1.10. The molecule has 0 aliphatic heterocycles. The molecule has 11 aromatic rings. The molecular formula is C58H39NS. The lowest BCUT2D eigenvalue weighted by Crippen LogP contribution is -2.11. The van der Waals surface area contributed by atoms with E-state index in [2.05, 4.69) is 241 Å². The summed E-state index contributed by atoms with van der Waals surface area (Å²) in [5, 5.41) is 5.12. The predicted molar refractivity (Wildman–Crippen MR) is 259 cm³/mol. The van der Waals surface area contributed by atoms with Crippen molar-refractivity contribution < 1.29 is 0 Å². The van der Waals surface area contributed by atoms with Crippen molar-refractivity contribution in [3.8, 4) is 55.6 Å². The van der Waals surface area contributed by atoms with Gasteiger partial charge in [0.05, 0.1) is 5.69 Å². The van der Waals surface area contributed by atoms with E-state index in [1.165, 1.54) is 86.6 Å². The van der Waals surface area contributed by atoms with Gasteiger partial charge < -0.3 is 4.90 Å². The van der Waals surface area contributed by atoms with Crippen LogP contribution in [-0.2, 0) is 0 Å². The molecule has 0 fully saturated rings. The van der Waals surface area contributed by atoms with Crippen LogP contribution in [0.4, 0.5) is 17.1 Å². The highest BCUT2D eigenvalue weighted by atomic mass is 32.1. The molecule has 1 aromatic heterocycles. The topological polar surface area (TPSA) is 3.24 Å². The first kappa shape index (κ1) is 35.6. The van der Waals surface area contributed by atoms with Crippen LogP contribution in [0, 0.1) is 0 Å². The van der Waals surface area contributed by atoms with Crippen LogP contribution in [0.3, 0.4) is 0 Å². The molecule has 0 aliphatic rings. The van der Waals surface area contributed by atoms with Crippen LogP contribution < -0.4 is 4.90 Å². The van der Waals surface area contributed by atoms with Gasteiger partial charge in [-0.25, -0.2) is 0 Å². The molecule has 10 aromatic carbocycles. The van der Waals surface area contributed by atoms with Crippen LogP contribution in [0.25, 0.3) is 86.6 Å². The smallest absolute Gasteiger partial charge is 0.0540 e. The number of thiophene rings is 1. The third-order valence-corrected chi connectivity index (χ3v) is 12.9. The summed E-state index contributed by atoms with van der Waals surface area (Å²) >= 11 is 1.88. The first-order chi connectivity index (χ1) is 29.7. The molecule has 0 saturated carbocycles. The van der Waals surface area contributed by atoms with Gasteiger partial charge in [0.25, 0.3) is 0 Å². The average molecular weight is 782 g/mol. The van der Waals surface area contributed by atoms with Crippen LogP contribution in [0.1, 0.15) is 0 Å². The number of benzene rings is 10. The van der Waals surface area contributed by atoms with Crippen molar-refractivity contribution in [3.05, 3.63) is 237 Å². The molecule has 2 heteroatoms. The molecule has 0 radical (unpaired) electrons. The van der Waals surface area contributed by atoms with Gasteiger partial charge >= 0.3 is 0 Å². The highest BCUT2D eigenvalue weighted by molar-refractivity contribution is 7.26. The Morgan fingerprint density at radius 2 is 0.733 bits per heavy atom. The number of hydrogen-bond donors (Lipinski definition) is 0. The van der Waals surface area contributed by atoms with E-state index < -0.39 is 0 Å². The fourth-order valence-corrected chi connectivity index (χ4v) is 9.83. The largest absolute Gasteiger partial charge is 0.310 e. The minimum atomic E-state index is 1.10. The Morgan fingerprint density at radius 1 is 0.283 bits per heavy atom. The molecule has 0 atom stereocenters. The summed E-state index contributed by atoms with van der Waals surface area (Å²) in [4.78, 5) is 2.41. The van der Waals surface area contributed by atoms with Crippen LogP contribution in [0.5, 0.6) is 0 Å². The van der Waals surface area contributed by atoms with Crippen molar-refractivity contribution in [1.82, 2.24) is 0 Å².